The number of benzene rings is 1. The van der Waals surface area contributed by atoms with E-state index in [2.05, 4.69) is 14.2 Å². The van der Waals surface area contributed by atoms with Crippen molar-refractivity contribution in [2.24, 2.45) is 0 Å². The zero-order chi connectivity index (χ0) is 20.5. The van der Waals surface area contributed by atoms with E-state index in [0.717, 1.165) is 11.1 Å². The van der Waals surface area contributed by atoms with Gasteiger partial charge in [0, 0.05) is 6.54 Å². The minimum atomic E-state index is -5.11. The molecule has 0 radical (unpaired) electrons. The van der Waals surface area contributed by atoms with E-state index in [-0.39, 0.29) is 12.4 Å². The second kappa shape index (κ2) is 10.9. The highest BCUT2D eigenvalue weighted by molar-refractivity contribution is 7.60. The van der Waals surface area contributed by atoms with Gasteiger partial charge in [0.25, 0.3) is 0 Å². The van der Waals surface area contributed by atoms with Crippen LogP contribution >= 0.6 is 15.6 Å². The zero-order valence-electron chi connectivity index (χ0n) is 15.0. The molecule has 0 aliphatic heterocycles. The maximum Gasteiger partial charge on any atom is 0.481 e. The third-order valence-corrected chi connectivity index (χ3v) is 5.49. The van der Waals surface area contributed by atoms with Crippen molar-refractivity contribution < 1.29 is 37.0 Å². The summed E-state index contributed by atoms with van der Waals surface area (Å²) in [7, 11) is -9.92. The summed E-state index contributed by atoms with van der Waals surface area (Å²) in [5, 5.41) is 3.01. The predicted molar refractivity (Wildman–Crippen MR) is 101 cm³/mol. The van der Waals surface area contributed by atoms with Gasteiger partial charge in [-0.25, -0.2) is 13.5 Å². The fraction of sp³-hybridized carbons (Fsp3) is 0.375. The Bertz CT molecular complexity index is 776. The van der Waals surface area contributed by atoms with Gasteiger partial charge in [-0.3, -0.25) is 4.52 Å². The van der Waals surface area contributed by atoms with Crippen LogP contribution in [0.3, 0.4) is 0 Å². The van der Waals surface area contributed by atoms with Gasteiger partial charge >= 0.3 is 15.6 Å². The minimum Gasteiger partial charge on any atom is -0.379 e. The van der Waals surface area contributed by atoms with Crippen LogP contribution in [0.5, 0.6) is 0 Å². The molecule has 0 spiro atoms. The monoisotopic (exact) mass is 423 g/mol. The number of rotatable bonds is 11. The molecule has 1 aromatic carbocycles. The fourth-order valence-electron chi connectivity index (χ4n) is 1.99. The summed E-state index contributed by atoms with van der Waals surface area (Å²) in [5.74, 6) is -0.312. The molecule has 0 aromatic heterocycles. The van der Waals surface area contributed by atoms with Gasteiger partial charge < -0.3 is 20.0 Å². The van der Waals surface area contributed by atoms with E-state index in [9.17, 15) is 13.5 Å². The molecule has 1 atom stereocenters. The molecule has 0 aliphatic carbocycles. The number of halogens is 1. The molecule has 27 heavy (non-hydrogen) atoms. The van der Waals surface area contributed by atoms with Crippen molar-refractivity contribution in [3.63, 3.8) is 0 Å². The lowest BCUT2D eigenvalue weighted by atomic mass is 10.1. The predicted octanol–water partition coefficient (Wildman–Crippen LogP) is 4.14. The summed E-state index contributed by atoms with van der Waals surface area (Å²) >= 11 is 0. The van der Waals surface area contributed by atoms with Crippen molar-refractivity contribution in [3.8, 4) is 0 Å². The van der Waals surface area contributed by atoms with Crippen LogP contribution < -0.4 is 5.32 Å². The number of hydrogen-bond acceptors (Lipinski definition) is 5. The summed E-state index contributed by atoms with van der Waals surface area (Å²) in [6.45, 7) is 3.88. The second-order valence-electron chi connectivity index (χ2n) is 5.81. The fourth-order valence-corrected chi connectivity index (χ4v) is 3.52. The normalized spacial score (nSPS) is 15.5. The first kappa shape index (κ1) is 23.7. The van der Waals surface area contributed by atoms with Gasteiger partial charge in [0.1, 0.15) is 5.82 Å². The summed E-state index contributed by atoms with van der Waals surface area (Å²) in [6.07, 6.45) is 4.85. The van der Waals surface area contributed by atoms with Gasteiger partial charge in [-0.1, -0.05) is 35.4 Å². The van der Waals surface area contributed by atoms with Crippen molar-refractivity contribution in [2.45, 2.75) is 26.7 Å². The zero-order valence-corrected chi connectivity index (χ0v) is 16.8. The summed E-state index contributed by atoms with van der Waals surface area (Å²) < 4.78 is 43.4. The number of para-hydroxylation sites is 1. The van der Waals surface area contributed by atoms with E-state index in [1.165, 1.54) is 12.1 Å². The van der Waals surface area contributed by atoms with Crippen LogP contribution in [0.4, 0.5) is 10.1 Å². The molecule has 0 aliphatic rings. The number of phosphoric ester groups is 1. The van der Waals surface area contributed by atoms with Gasteiger partial charge in [0.2, 0.25) is 0 Å². The van der Waals surface area contributed by atoms with Crippen molar-refractivity contribution in [3.05, 3.63) is 53.4 Å². The van der Waals surface area contributed by atoms with E-state index in [1.54, 1.807) is 25.1 Å². The molecular weight excluding hydrogens is 399 g/mol. The first-order valence-electron chi connectivity index (χ1n) is 8.02. The first-order chi connectivity index (χ1) is 12.5. The second-order valence-corrected chi connectivity index (χ2v) is 8.64. The van der Waals surface area contributed by atoms with Crippen LogP contribution in [0.2, 0.25) is 0 Å². The van der Waals surface area contributed by atoms with Gasteiger partial charge in [-0.15, -0.1) is 0 Å². The van der Waals surface area contributed by atoms with Crippen molar-refractivity contribution >= 4 is 21.3 Å². The molecule has 1 rings (SSSR count). The highest BCUT2D eigenvalue weighted by Crippen LogP contribution is 2.57. The highest BCUT2D eigenvalue weighted by Gasteiger charge is 2.31. The number of hydrogen-bond donors (Lipinski definition) is 4. The number of anilines is 1. The topological polar surface area (TPSA) is 125 Å². The molecule has 0 saturated carbocycles. The summed E-state index contributed by atoms with van der Waals surface area (Å²) in [6, 6.07) is 6.41. The molecule has 11 heteroatoms. The summed E-state index contributed by atoms with van der Waals surface area (Å²) in [4.78, 5) is 26.1. The smallest absolute Gasteiger partial charge is 0.379 e. The van der Waals surface area contributed by atoms with Crippen LogP contribution in [-0.4, -0.2) is 27.8 Å². The van der Waals surface area contributed by atoms with E-state index >= 15 is 0 Å². The van der Waals surface area contributed by atoms with Gasteiger partial charge in [-0.2, -0.15) is 4.31 Å². The third-order valence-electron chi connectivity index (χ3n) is 3.34. The molecule has 0 saturated heterocycles. The third kappa shape index (κ3) is 11.2. The van der Waals surface area contributed by atoms with Crippen LogP contribution in [-0.2, 0) is 18.0 Å². The lowest BCUT2D eigenvalue weighted by Crippen LogP contribution is -2.04. The van der Waals surface area contributed by atoms with Crippen LogP contribution in [0.15, 0.2) is 47.6 Å². The Balaban J connectivity index is 2.36. The summed E-state index contributed by atoms with van der Waals surface area (Å²) in [5.41, 5.74) is 2.32. The highest BCUT2D eigenvalue weighted by atomic mass is 31.3. The van der Waals surface area contributed by atoms with E-state index in [4.69, 9.17) is 14.7 Å². The Kier molecular flexibility index (Phi) is 9.56. The maximum absolute atomic E-state index is 13.5. The van der Waals surface area contributed by atoms with E-state index in [0.29, 0.717) is 25.1 Å². The van der Waals surface area contributed by atoms with E-state index in [1.807, 2.05) is 13.0 Å². The average molecular weight is 423 g/mol. The number of phosphoric acid groups is 2. The van der Waals surface area contributed by atoms with Crippen LogP contribution in [0.1, 0.15) is 26.7 Å². The largest absolute Gasteiger partial charge is 0.481 e. The van der Waals surface area contributed by atoms with Crippen LogP contribution in [0.25, 0.3) is 0 Å². The maximum atomic E-state index is 13.5. The lowest BCUT2D eigenvalue weighted by molar-refractivity contribution is 0.191. The number of allylic oxidation sites excluding steroid dienone is 2. The first-order valence-corrected chi connectivity index (χ1v) is 11.0. The van der Waals surface area contributed by atoms with Crippen molar-refractivity contribution in [1.29, 1.82) is 0 Å². The van der Waals surface area contributed by atoms with Crippen LogP contribution in [0, 0.1) is 5.82 Å². The average Bonchev–Trinajstić information content (AvgIpc) is 2.51. The molecule has 0 amide bonds. The van der Waals surface area contributed by atoms with Crippen molar-refractivity contribution in [2.75, 3.05) is 18.5 Å². The Hall–Kier alpha value is -1.31. The molecule has 4 N–H and O–H groups in total. The lowest BCUT2D eigenvalue weighted by Gasteiger charge is -2.11. The van der Waals surface area contributed by atoms with Gasteiger partial charge in [-0.05, 0) is 38.8 Å². The Morgan fingerprint density at radius 1 is 1.15 bits per heavy atom. The van der Waals surface area contributed by atoms with Gasteiger partial charge in [0.05, 0.1) is 12.3 Å². The molecule has 1 unspecified atom stereocenters. The molecular formula is C16H24FNO7P2. The Labute approximate surface area is 157 Å². The molecule has 8 nitrogen and oxygen atoms in total. The van der Waals surface area contributed by atoms with E-state index < -0.39 is 15.6 Å². The standard InChI is InChI=1S/C16H24FNO7P2/c1-13(10-11-24-27(22,23)25-26(19,20)21)6-5-7-14(2)12-18-16-9-4-3-8-15(16)17/h3-4,7-10,18H,5-6,11-12H2,1-2H3,(H,22,23)(H2,19,20,21). The molecule has 0 bridgehead atoms. The SMILES string of the molecule is CC(=CCOP(=O)(O)OP(=O)(O)O)CCC=C(C)CNc1ccccc1F. The molecule has 1 aromatic rings. The number of nitrogens with one attached hydrogen (secondary N) is 1. The molecule has 0 heterocycles. The van der Waals surface area contributed by atoms with Crippen molar-refractivity contribution in [1.82, 2.24) is 0 Å². The Morgan fingerprint density at radius 2 is 1.81 bits per heavy atom. The molecule has 0 fully saturated rings. The van der Waals surface area contributed by atoms with Gasteiger partial charge in [0.15, 0.2) is 0 Å². The molecule has 152 valence electrons. The Morgan fingerprint density at radius 3 is 2.44 bits per heavy atom. The minimum absolute atomic E-state index is 0.312. The quantitative estimate of drug-likeness (QED) is 0.309.